The molecule has 3 rings (SSSR count). The summed E-state index contributed by atoms with van der Waals surface area (Å²) in [6.45, 7) is 1.04. The Bertz CT molecular complexity index is 2040. The summed E-state index contributed by atoms with van der Waals surface area (Å²) in [7, 11) is -8.42. The second-order valence-corrected chi connectivity index (χ2v) is 23.0. The lowest BCUT2D eigenvalue weighted by Crippen LogP contribution is -2.59. The molecule has 0 radical (unpaired) electrons. The van der Waals surface area contributed by atoms with Crippen LogP contribution in [-0.4, -0.2) is 354 Å². The minimum atomic E-state index is -4.91. The van der Waals surface area contributed by atoms with Crippen molar-refractivity contribution in [2.45, 2.75) is 112 Å². The van der Waals surface area contributed by atoms with Crippen LogP contribution in [0.2, 0.25) is 0 Å². The molecule has 3 amide bonds. The van der Waals surface area contributed by atoms with Crippen LogP contribution in [0.1, 0.15) is 19.8 Å². The maximum atomic E-state index is 12.7. The van der Waals surface area contributed by atoms with Gasteiger partial charge in [0.25, 0.3) is 0 Å². The summed E-state index contributed by atoms with van der Waals surface area (Å²) in [5, 5.41) is 98.8. The summed E-state index contributed by atoms with van der Waals surface area (Å²) in [6, 6.07) is 0. The van der Waals surface area contributed by atoms with Crippen LogP contribution >= 0.6 is 15.6 Å². The molecule has 0 aromatic carbocycles. The first-order valence-electron chi connectivity index (χ1n) is 28.6. The van der Waals surface area contributed by atoms with E-state index in [2.05, 4.69) is 25.0 Å². The van der Waals surface area contributed by atoms with E-state index in [-0.39, 0.29) is 183 Å². The van der Waals surface area contributed by atoms with Gasteiger partial charge in [-0.3, -0.25) is 18.6 Å². The van der Waals surface area contributed by atoms with Gasteiger partial charge in [-0.05, 0) is 0 Å². The van der Waals surface area contributed by atoms with E-state index in [0.29, 0.717) is 0 Å². The molecular formula is C49H93N3O36P2. The lowest BCUT2D eigenvalue weighted by molar-refractivity contribution is -0.303. The average Bonchev–Trinajstić information content (AvgIpc) is 3.68. The van der Waals surface area contributed by atoms with Gasteiger partial charge in [-0.15, -0.1) is 0 Å². The third-order valence-corrected chi connectivity index (χ3v) is 13.8. The predicted molar refractivity (Wildman–Crippen MR) is 295 cm³/mol. The lowest BCUT2D eigenvalue weighted by atomic mass is 9.94. The highest BCUT2D eigenvalue weighted by Crippen LogP contribution is 2.38. The molecule has 90 heavy (non-hydrogen) atoms. The predicted octanol–water partition coefficient (Wildman–Crippen LogP) is -7.80. The second kappa shape index (κ2) is 45.0. The van der Waals surface area contributed by atoms with Crippen LogP contribution in [0.5, 0.6) is 0 Å². The molecule has 39 nitrogen and oxygen atoms in total. The molecule has 3 aliphatic rings. The zero-order valence-corrected chi connectivity index (χ0v) is 51.8. The summed E-state index contributed by atoms with van der Waals surface area (Å²) in [5.74, 6) is -0.689. The molecule has 0 aromatic heterocycles. The van der Waals surface area contributed by atoms with Crippen LogP contribution in [0.25, 0.3) is 0 Å². The van der Waals surface area contributed by atoms with E-state index < -0.39 is 132 Å². The molecule has 3 aliphatic heterocycles. The zero-order chi connectivity index (χ0) is 66.5. The SMILES string of the molecule is COCC1OC(OCCOCCOCCNC(=O)CCOCC(C)(COCCC(=O)NCCOCCOCCOC2OC(COP(=O)(O)O)C(O)C(O)C2O)COC(=O)NCCOCCOCCOC2OC(COP(=O)(O)O)C(O)C(O)C2O)C(O)C(O)C1O. The molecule has 16 atom stereocenters. The highest BCUT2D eigenvalue weighted by molar-refractivity contribution is 7.46. The van der Waals surface area contributed by atoms with E-state index in [1.807, 2.05) is 0 Å². The maximum Gasteiger partial charge on any atom is 0.469 e. The largest absolute Gasteiger partial charge is 0.469 e. The first-order chi connectivity index (χ1) is 42.8. The molecule has 0 spiro atoms. The van der Waals surface area contributed by atoms with E-state index in [4.69, 9.17) is 95.4 Å². The Morgan fingerprint density at radius 1 is 0.400 bits per heavy atom. The number of carbonyl (C=O) groups is 3. The number of phosphoric ester groups is 2. The van der Waals surface area contributed by atoms with Crippen molar-refractivity contribution in [2.75, 3.05) is 179 Å². The number of methoxy groups -OCH3 is 1. The standard InChI is InChI=1S/C49H93N3O36P2/c1-49(28-78-8-3-34(53)50-5-10-72-13-16-75-19-22-80-45-42(61)39(58)36(55)31(86-45)25-71-2,30-83-48(64)52-7-12-74-15-18-77-21-24-82-47-44(63)41(60)38(57)33(88-47)27-85-90(68,69)70)29-79-9-4-35(54)51-6-11-73-14-17-76-20-23-81-46-43(62)40(59)37(56)32(87-46)26-84-89(65,66)67/h31-33,36-47,55-63H,3-30H2,1-2H3,(H,50,53)(H,51,54)(H,52,64)(H2,65,66,67)(H2,68,69,70). The van der Waals surface area contributed by atoms with E-state index in [1.54, 1.807) is 6.92 Å². The topological polar surface area (TPSA) is 551 Å². The van der Waals surface area contributed by atoms with Gasteiger partial charge in [-0.1, -0.05) is 6.92 Å². The second-order valence-electron chi connectivity index (χ2n) is 20.5. The van der Waals surface area contributed by atoms with Gasteiger partial charge < -0.3 is 157 Å². The Kier molecular flexibility index (Phi) is 40.9. The Labute approximate surface area is 518 Å². The molecule has 41 heteroatoms. The van der Waals surface area contributed by atoms with E-state index >= 15 is 0 Å². The number of phosphoric acid groups is 2. The van der Waals surface area contributed by atoms with Crippen LogP contribution in [0, 0.1) is 5.41 Å². The van der Waals surface area contributed by atoms with Crippen LogP contribution in [0.4, 0.5) is 4.79 Å². The molecule has 0 aliphatic carbocycles. The highest BCUT2D eigenvalue weighted by Gasteiger charge is 2.47. The third-order valence-electron chi connectivity index (χ3n) is 12.8. The van der Waals surface area contributed by atoms with Crippen LogP contribution in [0.15, 0.2) is 0 Å². The molecule has 0 aromatic rings. The zero-order valence-electron chi connectivity index (χ0n) is 50.1. The number of alkyl carbamates (subject to hydrolysis) is 1. The third kappa shape index (κ3) is 34.2. The smallest absolute Gasteiger partial charge is 0.449 e. The molecule has 16 N–H and O–H groups in total. The molecule has 16 unspecified atom stereocenters. The van der Waals surface area contributed by atoms with E-state index in [1.165, 1.54) is 7.11 Å². The number of aliphatic hydroxyl groups is 9. The van der Waals surface area contributed by atoms with Crippen LogP contribution in [-0.2, 0) is 104 Å². The van der Waals surface area contributed by atoms with E-state index in [0.717, 1.165) is 0 Å². The van der Waals surface area contributed by atoms with Gasteiger partial charge in [0.15, 0.2) is 18.9 Å². The summed E-state index contributed by atoms with van der Waals surface area (Å²) >= 11 is 0. The van der Waals surface area contributed by atoms with Crippen molar-refractivity contribution in [3.05, 3.63) is 0 Å². The number of amides is 3. The van der Waals surface area contributed by atoms with Gasteiger partial charge in [-0.25, -0.2) is 13.9 Å². The normalized spacial score (nSPS) is 28.1. The van der Waals surface area contributed by atoms with Crippen molar-refractivity contribution in [3.8, 4) is 0 Å². The summed E-state index contributed by atoms with van der Waals surface area (Å²) in [5.41, 5.74) is -0.967. The van der Waals surface area contributed by atoms with Gasteiger partial charge >= 0.3 is 21.7 Å². The quantitative estimate of drug-likeness (QED) is 0.0199. The number of aliphatic hydroxyl groups excluding tert-OH is 9. The van der Waals surface area contributed by atoms with Crippen molar-refractivity contribution in [1.82, 2.24) is 16.0 Å². The first-order valence-corrected chi connectivity index (χ1v) is 31.7. The van der Waals surface area contributed by atoms with E-state index in [9.17, 15) is 69.5 Å². The molecule has 3 heterocycles. The highest BCUT2D eigenvalue weighted by atomic mass is 31.2. The van der Waals surface area contributed by atoms with Gasteiger partial charge in [0.2, 0.25) is 11.8 Å². The fraction of sp³-hybridized carbons (Fsp3) is 0.939. The summed E-state index contributed by atoms with van der Waals surface area (Å²) in [4.78, 5) is 73.4. The fourth-order valence-electron chi connectivity index (χ4n) is 8.03. The number of hydrogen-bond acceptors (Lipinski definition) is 32. The van der Waals surface area contributed by atoms with Crippen LogP contribution < -0.4 is 16.0 Å². The van der Waals surface area contributed by atoms with Crippen molar-refractivity contribution in [3.63, 3.8) is 0 Å². The lowest BCUT2D eigenvalue weighted by Gasteiger charge is -2.40. The molecule has 530 valence electrons. The Balaban J connectivity index is 1.30. The number of hydrogen-bond donors (Lipinski definition) is 16. The minimum absolute atomic E-state index is 0.00851. The number of rotatable bonds is 50. The Hall–Kier alpha value is -2.53. The Morgan fingerprint density at radius 3 is 1.04 bits per heavy atom. The van der Waals surface area contributed by atoms with Crippen molar-refractivity contribution in [2.24, 2.45) is 5.41 Å². The van der Waals surface area contributed by atoms with Crippen LogP contribution in [0.3, 0.4) is 0 Å². The number of carbonyl (C=O) groups excluding carboxylic acids is 3. The van der Waals surface area contributed by atoms with Crippen molar-refractivity contribution >= 4 is 33.6 Å². The first kappa shape index (κ1) is 81.7. The fourth-order valence-corrected chi connectivity index (χ4v) is 8.71. The van der Waals surface area contributed by atoms with Gasteiger partial charge in [0.05, 0.1) is 145 Å². The summed E-state index contributed by atoms with van der Waals surface area (Å²) < 4.78 is 118. The van der Waals surface area contributed by atoms with Gasteiger partial charge in [0.1, 0.15) is 79.9 Å². The maximum absolute atomic E-state index is 12.7. The number of nitrogens with one attached hydrogen (secondary N) is 3. The average molecular weight is 1360 g/mol. The van der Waals surface area contributed by atoms with Gasteiger partial charge in [0, 0.05) is 45.0 Å². The monoisotopic (exact) mass is 1360 g/mol. The summed E-state index contributed by atoms with van der Waals surface area (Å²) in [6.07, 6.45) is -23.3. The molecule has 3 saturated heterocycles. The molecule has 0 bridgehead atoms. The van der Waals surface area contributed by atoms with Crippen molar-refractivity contribution < 1.29 is 174 Å². The van der Waals surface area contributed by atoms with Crippen molar-refractivity contribution in [1.29, 1.82) is 0 Å². The number of ether oxygens (including phenoxy) is 16. The molecular weight excluding hydrogens is 1270 g/mol. The molecule has 0 saturated carbocycles. The Morgan fingerprint density at radius 2 is 0.711 bits per heavy atom. The molecule has 3 fully saturated rings. The minimum Gasteiger partial charge on any atom is -0.449 e. The van der Waals surface area contributed by atoms with Gasteiger partial charge in [-0.2, -0.15) is 0 Å².